The molecule has 1 unspecified atom stereocenters. The van der Waals surface area contributed by atoms with Gasteiger partial charge in [-0.2, -0.15) is 0 Å². The summed E-state index contributed by atoms with van der Waals surface area (Å²) in [6.45, 7) is 3.07. The summed E-state index contributed by atoms with van der Waals surface area (Å²) in [5.74, 6) is -0.0388. The van der Waals surface area contributed by atoms with Gasteiger partial charge in [-0.1, -0.05) is 29.8 Å². The Labute approximate surface area is 101 Å². The number of nitrogens with one attached hydrogen (secondary N) is 2. The van der Waals surface area contributed by atoms with E-state index in [4.69, 9.17) is 0 Å². The Bertz CT molecular complexity index is 406. The largest absolute Gasteiger partial charge is 0.392 e. The van der Waals surface area contributed by atoms with Crippen molar-refractivity contribution in [1.82, 2.24) is 10.6 Å². The predicted molar refractivity (Wildman–Crippen MR) is 65.4 cm³/mol. The van der Waals surface area contributed by atoms with Crippen LogP contribution in [0.25, 0.3) is 0 Å². The number of carbonyl (C=O) groups excluding carboxylic acids is 1. The SMILES string of the molecule is Cc1cccc(CNC(=O)C2C[C@@H](O)CN2)c1. The first kappa shape index (κ1) is 12.1. The highest BCUT2D eigenvalue weighted by atomic mass is 16.3. The van der Waals surface area contributed by atoms with Crippen molar-refractivity contribution in [2.24, 2.45) is 0 Å². The van der Waals surface area contributed by atoms with Gasteiger partial charge in [0.15, 0.2) is 0 Å². The fourth-order valence-electron chi connectivity index (χ4n) is 2.05. The molecule has 2 rings (SSSR count). The first-order valence-corrected chi connectivity index (χ1v) is 5.90. The van der Waals surface area contributed by atoms with E-state index in [1.165, 1.54) is 5.56 Å². The molecule has 1 fully saturated rings. The van der Waals surface area contributed by atoms with E-state index >= 15 is 0 Å². The molecule has 0 spiro atoms. The molecule has 2 atom stereocenters. The van der Waals surface area contributed by atoms with Crippen LogP contribution < -0.4 is 10.6 Å². The standard InChI is InChI=1S/C13H18N2O2/c1-9-3-2-4-10(5-9)7-15-13(17)12-6-11(16)8-14-12/h2-5,11-12,14,16H,6-8H2,1H3,(H,15,17)/t11-,12?/m1/s1. The summed E-state index contributed by atoms with van der Waals surface area (Å²) in [5.41, 5.74) is 2.28. The lowest BCUT2D eigenvalue weighted by Crippen LogP contribution is -2.40. The maximum atomic E-state index is 11.8. The number of carbonyl (C=O) groups is 1. The highest BCUT2D eigenvalue weighted by Gasteiger charge is 2.27. The minimum absolute atomic E-state index is 0.0388. The van der Waals surface area contributed by atoms with Crippen molar-refractivity contribution in [1.29, 1.82) is 0 Å². The van der Waals surface area contributed by atoms with E-state index in [1.807, 2.05) is 25.1 Å². The second-order valence-electron chi connectivity index (χ2n) is 4.56. The van der Waals surface area contributed by atoms with Crippen molar-refractivity contribution < 1.29 is 9.90 Å². The maximum Gasteiger partial charge on any atom is 0.237 e. The summed E-state index contributed by atoms with van der Waals surface area (Å²) >= 11 is 0. The number of benzene rings is 1. The summed E-state index contributed by atoms with van der Waals surface area (Å²) in [6, 6.07) is 7.80. The molecular weight excluding hydrogens is 216 g/mol. The lowest BCUT2D eigenvalue weighted by Gasteiger charge is -2.11. The van der Waals surface area contributed by atoms with Crippen LogP contribution in [0.1, 0.15) is 17.5 Å². The van der Waals surface area contributed by atoms with Crippen LogP contribution in [0.4, 0.5) is 0 Å². The Balaban J connectivity index is 1.84. The zero-order chi connectivity index (χ0) is 12.3. The molecule has 1 aliphatic rings. The Morgan fingerprint density at radius 1 is 1.59 bits per heavy atom. The van der Waals surface area contributed by atoms with E-state index in [-0.39, 0.29) is 11.9 Å². The fraction of sp³-hybridized carbons (Fsp3) is 0.462. The zero-order valence-corrected chi connectivity index (χ0v) is 9.94. The third-order valence-corrected chi connectivity index (χ3v) is 2.97. The molecule has 4 heteroatoms. The summed E-state index contributed by atoms with van der Waals surface area (Å²) in [7, 11) is 0. The number of amides is 1. The van der Waals surface area contributed by atoms with Crippen molar-refractivity contribution in [2.75, 3.05) is 6.54 Å². The van der Waals surface area contributed by atoms with E-state index in [2.05, 4.69) is 16.7 Å². The predicted octanol–water partition coefficient (Wildman–Crippen LogP) is 0.334. The van der Waals surface area contributed by atoms with Crippen LogP contribution in [0.3, 0.4) is 0 Å². The van der Waals surface area contributed by atoms with Crippen LogP contribution in [0.5, 0.6) is 0 Å². The number of aliphatic hydroxyl groups excluding tert-OH is 1. The van der Waals surface area contributed by atoms with Gasteiger partial charge in [0, 0.05) is 13.1 Å². The van der Waals surface area contributed by atoms with Crippen LogP contribution >= 0.6 is 0 Å². The van der Waals surface area contributed by atoms with Crippen LogP contribution in [0.15, 0.2) is 24.3 Å². The van der Waals surface area contributed by atoms with Crippen molar-refractivity contribution in [3.63, 3.8) is 0 Å². The number of hydrogen-bond acceptors (Lipinski definition) is 3. The van der Waals surface area contributed by atoms with Crippen LogP contribution in [0, 0.1) is 6.92 Å². The molecule has 0 saturated carbocycles. The van der Waals surface area contributed by atoms with Gasteiger partial charge in [0.1, 0.15) is 0 Å². The van der Waals surface area contributed by atoms with E-state index in [1.54, 1.807) is 0 Å². The van der Waals surface area contributed by atoms with Crippen LogP contribution in [0.2, 0.25) is 0 Å². The molecule has 0 bridgehead atoms. The molecule has 1 aromatic rings. The second kappa shape index (κ2) is 5.29. The van der Waals surface area contributed by atoms with Crippen molar-refractivity contribution in [2.45, 2.75) is 32.0 Å². The smallest absolute Gasteiger partial charge is 0.237 e. The second-order valence-corrected chi connectivity index (χ2v) is 4.56. The molecule has 1 amide bonds. The van der Waals surface area contributed by atoms with Gasteiger partial charge in [-0.05, 0) is 18.9 Å². The van der Waals surface area contributed by atoms with Crippen molar-refractivity contribution in [3.8, 4) is 0 Å². The van der Waals surface area contributed by atoms with Gasteiger partial charge in [0.2, 0.25) is 5.91 Å². The highest BCUT2D eigenvalue weighted by molar-refractivity contribution is 5.82. The average molecular weight is 234 g/mol. The van der Waals surface area contributed by atoms with Gasteiger partial charge >= 0.3 is 0 Å². The monoisotopic (exact) mass is 234 g/mol. The first-order valence-electron chi connectivity index (χ1n) is 5.90. The summed E-state index contributed by atoms with van der Waals surface area (Å²) in [6.07, 6.45) is 0.101. The number of β-amino-alcohol motifs (C(OH)–C–C–N with tert-alkyl or cyclic N) is 1. The van der Waals surface area contributed by atoms with Crippen LogP contribution in [-0.4, -0.2) is 29.7 Å². The molecule has 4 nitrogen and oxygen atoms in total. The summed E-state index contributed by atoms with van der Waals surface area (Å²) < 4.78 is 0. The highest BCUT2D eigenvalue weighted by Crippen LogP contribution is 2.07. The number of aliphatic hydroxyl groups is 1. The first-order chi connectivity index (χ1) is 8.15. The molecule has 0 aromatic heterocycles. The van der Waals surface area contributed by atoms with Gasteiger partial charge in [-0.25, -0.2) is 0 Å². The molecule has 0 aliphatic carbocycles. The zero-order valence-electron chi connectivity index (χ0n) is 9.94. The van der Waals surface area contributed by atoms with E-state index in [9.17, 15) is 9.90 Å². The van der Waals surface area contributed by atoms with Gasteiger partial charge in [-0.15, -0.1) is 0 Å². The fourth-order valence-corrected chi connectivity index (χ4v) is 2.05. The lowest BCUT2D eigenvalue weighted by atomic mass is 10.1. The minimum atomic E-state index is -0.398. The third-order valence-electron chi connectivity index (χ3n) is 2.97. The molecule has 1 aliphatic heterocycles. The Hall–Kier alpha value is -1.39. The normalized spacial score (nSPS) is 23.6. The molecular formula is C13H18N2O2. The van der Waals surface area contributed by atoms with E-state index in [0.717, 1.165) is 5.56 Å². The molecule has 1 aromatic carbocycles. The molecule has 1 saturated heterocycles. The topological polar surface area (TPSA) is 61.4 Å². The molecule has 3 N–H and O–H groups in total. The summed E-state index contributed by atoms with van der Waals surface area (Å²) in [5, 5.41) is 15.2. The Kier molecular flexibility index (Phi) is 3.76. The van der Waals surface area contributed by atoms with Crippen LogP contribution in [-0.2, 0) is 11.3 Å². The quantitative estimate of drug-likeness (QED) is 0.706. The lowest BCUT2D eigenvalue weighted by molar-refractivity contribution is -0.123. The van der Waals surface area contributed by atoms with Gasteiger partial charge in [-0.3, -0.25) is 4.79 Å². The number of rotatable bonds is 3. The van der Waals surface area contributed by atoms with Crippen molar-refractivity contribution >= 4 is 5.91 Å². The minimum Gasteiger partial charge on any atom is -0.392 e. The number of aryl methyl sites for hydroxylation is 1. The molecule has 0 radical (unpaired) electrons. The van der Waals surface area contributed by atoms with Crippen molar-refractivity contribution in [3.05, 3.63) is 35.4 Å². The average Bonchev–Trinajstić information content (AvgIpc) is 2.73. The maximum absolute atomic E-state index is 11.8. The van der Waals surface area contributed by atoms with Gasteiger partial charge in [0.05, 0.1) is 12.1 Å². The van der Waals surface area contributed by atoms with E-state index in [0.29, 0.717) is 19.5 Å². The summed E-state index contributed by atoms with van der Waals surface area (Å²) in [4.78, 5) is 11.8. The Morgan fingerprint density at radius 3 is 3.06 bits per heavy atom. The molecule has 17 heavy (non-hydrogen) atoms. The van der Waals surface area contributed by atoms with Gasteiger partial charge < -0.3 is 15.7 Å². The third kappa shape index (κ3) is 3.28. The van der Waals surface area contributed by atoms with E-state index < -0.39 is 6.10 Å². The Morgan fingerprint density at radius 2 is 2.41 bits per heavy atom. The number of hydrogen-bond donors (Lipinski definition) is 3. The molecule has 92 valence electrons. The van der Waals surface area contributed by atoms with Gasteiger partial charge in [0.25, 0.3) is 0 Å². The molecule has 1 heterocycles.